The van der Waals surface area contributed by atoms with Gasteiger partial charge in [-0.15, -0.1) is 0 Å². The standard InChI is InChI=1S/C18H27FO3S/c1-13(8-7-11-23(21)18(3,4)5)15-9-6-10-16(14(2)19)17(15)22-12-20/h6-7,9-11,13-14,20H,8,12H2,1-5H3/b11-7+/t13-,14?,23?/m0/s1. The SMILES string of the molecule is CC(F)c1cccc([C@@H](C)C/C=C/S(=O)C(C)(C)C)c1OCO. The topological polar surface area (TPSA) is 46.5 Å². The van der Waals surface area contributed by atoms with Crippen LogP contribution in [-0.2, 0) is 10.8 Å². The Labute approximate surface area is 141 Å². The quantitative estimate of drug-likeness (QED) is 0.737. The number of hydrogen-bond donors (Lipinski definition) is 1. The van der Waals surface area contributed by atoms with Gasteiger partial charge in [-0.25, -0.2) is 4.39 Å². The molecule has 130 valence electrons. The van der Waals surface area contributed by atoms with Crippen molar-refractivity contribution < 1.29 is 18.4 Å². The van der Waals surface area contributed by atoms with Gasteiger partial charge in [0.2, 0.25) is 0 Å². The predicted molar refractivity (Wildman–Crippen MR) is 93.7 cm³/mol. The van der Waals surface area contributed by atoms with Gasteiger partial charge >= 0.3 is 0 Å². The smallest absolute Gasteiger partial charge is 0.186 e. The second-order valence-corrected chi connectivity index (χ2v) is 8.67. The predicted octanol–water partition coefficient (Wildman–Crippen LogP) is 4.60. The zero-order chi connectivity index (χ0) is 17.6. The van der Waals surface area contributed by atoms with Crippen molar-refractivity contribution >= 4 is 10.8 Å². The molecule has 0 radical (unpaired) electrons. The Bertz CT molecular complexity index is 562. The van der Waals surface area contributed by atoms with Crippen molar-refractivity contribution in [2.75, 3.05) is 6.79 Å². The van der Waals surface area contributed by atoms with Crippen molar-refractivity contribution in [3.63, 3.8) is 0 Å². The number of hydrogen-bond acceptors (Lipinski definition) is 3. The van der Waals surface area contributed by atoms with Crippen LogP contribution in [0, 0.1) is 0 Å². The second-order valence-electron chi connectivity index (χ2n) is 6.57. The molecule has 0 aromatic heterocycles. The van der Waals surface area contributed by atoms with E-state index in [0.717, 1.165) is 5.56 Å². The summed E-state index contributed by atoms with van der Waals surface area (Å²) in [5, 5.41) is 10.8. The molecule has 1 aromatic rings. The largest absolute Gasteiger partial charge is 0.467 e. The van der Waals surface area contributed by atoms with E-state index in [1.165, 1.54) is 6.92 Å². The number of benzene rings is 1. The van der Waals surface area contributed by atoms with Crippen LogP contribution in [0.5, 0.6) is 5.75 Å². The normalized spacial score (nSPS) is 16.3. The molecule has 0 aliphatic heterocycles. The monoisotopic (exact) mass is 342 g/mol. The molecule has 0 amide bonds. The van der Waals surface area contributed by atoms with Crippen molar-refractivity contribution in [1.82, 2.24) is 0 Å². The summed E-state index contributed by atoms with van der Waals surface area (Å²) in [6.07, 6.45) is 1.38. The molecular weight excluding hydrogens is 315 g/mol. The third-order valence-electron chi connectivity index (χ3n) is 3.56. The number of aliphatic hydroxyl groups is 1. The van der Waals surface area contributed by atoms with Gasteiger partial charge < -0.3 is 9.84 Å². The molecule has 5 heteroatoms. The minimum Gasteiger partial charge on any atom is -0.467 e. The Balaban J connectivity index is 2.95. The highest BCUT2D eigenvalue weighted by atomic mass is 32.2. The third-order valence-corrected chi connectivity index (χ3v) is 5.20. The summed E-state index contributed by atoms with van der Waals surface area (Å²) in [6.45, 7) is 8.73. The van der Waals surface area contributed by atoms with E-state index >= 15 is 0 Å². The Morgan fingerprint density at radius 2 is 1.91 bits per heavy atom. The van der Waals surface area contributed by atoms with Gasteiger partial charge in [-0.1, -0.05) is 31.2 Å². The number of ether oxygens (including phenoxy) is 1. The van der Waals surface area contributed by atoms with Crippen molar-refractivity contribution in [1.29, 1.82) is 0 Å². The fourth-order valence-corrected chi connectivity index (χ4v) is 2.88. The molecular formula is C18H27FO3S. The maximum absolute atomic E-state index is 13.7. The Morgan fingerprint density at radius 1 is 1.30 bits per heavy atom. The summed E-state index contributed by atoms with van der Waals surface area (Å²) in [4.78, 5) is 0. The molecule has 3 atom stereocenters. The molecule has 0 heterocycles. The van der Waals surface area contributed by atoms with Crippen LogP contribution in [0.3, 0.4) is 0 Å². The van der Waals surface area contributed by atoms with Crippen molar-refractivity contribution in [2.24, 2.45) is 0 Å². The first kappa shape index (κ1) is 19.8. The fourth-order valence-electron chi connectivity index (χ4n) is 2.18. The average molecular weight is 342 g/mol. The van der Waals surface area contributed by atoms with Gasteiger partial charge in [0.25, 0.3) is 0 Å². The maximum Gasteiger partial charge on any atom is 0.186 e. The molecule has 1 N–H and O–H groups in total. The highest BCUT2D eigenvalue weighted by molar-refractivity contribution is 7.89. The van der Waals surface area contributed by atoms with Crippen LogP contribution in [0.15, 0.2) is 29.7 Å². The molecule has 0 saturated heterocycles. The summed E-state index contributed by atoms with van der Waals surface area (Å²) in [5.74, 6) is 0.464. The lowest BCUT2D eigenvalue weighted by Crippen LogP contribution is -2.19. The van der Waals surface area contributed by atoms with Gasteiger partial charge in [0.15, 0.2) is 6.79 Å². The van der Waals surface area contributed by atoms with E-state index in [9.17, 15) is 8.60 Å². The van der Waals surface area contributed by atoms with Gasteiger partial charge in [-0.3, -0.25) is 4.21 Å². The van der Waals surface area contributed by atoms with Crippen LogP contribution < -0.4 is 4.74 Å². The van der Waals surface area contributed by atoms with Crippen LogP contribution in [0.4, 0.5) is 4.39 Å². The van der Waals surface area contributed by atoms with Crippen molar-refractivity contribution in [3.8, 4) is 5.75 Å². The summed E-state index contributed by atoms with van der Waals surface area (Å²) < 4.78 is 30.7. The van der Waals surface area contributed by atoms with E-state index in [4.69, 9.17) is 9.84 Å². The van der Waals surface area contributed by atoms with E-state index in [0.29, 0.717) is 17.7 Å². The minimum atomic E-state index is -1.17. The van der Waals surface area contributed by atoms with Crippen molar-refractivity contribution in [2.45, 2.75) is 57.9 Å². The first-order valence-electron chi connectivity index (χ1n) is 7.76. The minimum absolute atomic E-state index is 0.0588. The Morgan fingerprint density at radius 3 is 2.43 bits per heavy atom. The molecule has 0 fully saturated rings. The summed E-state index contributed by atoms with van der Waals surface area (Å²) in [7, 11) is -1.04. The molecule has 0 spiro atoms. The van der Waals surface area contributed by atoms with Gasteiger partial charge in [0, 0.05) is 10.3 Å². The number of rotatable bonds is 7. The average Bonchev–Trinajstić information content (AvgIpc) is 2.46. The van der Waals surface area contributed by atoms with Crippen molar-refractivity contribution in [3.05, 3.63) is 40.8 Å². The molecule has 3 nitrogen and oxygen atoms in total. The van der Waals surface area contributed by atoms with Gasteiger partial charge in [-0.05, 0) is 51.0 Å². The Kier molecular flexibility index (Phi) is 7.42. The maximum atomic E-state index is 13.7. The fraction of sp³-hybridized carbons (Fsp3) is 0.556. The molecule has 0 aliphatic rings. The van der Waals surface area contributed by atoms with Crippen LogP contribution in [0.2, 0.25) is 0 Å². The lowest BCUT2D eigenvalue weighted by molar-refractivity contribution is 0.0948. The van der Waals surface area contributed by atoms with Crippen LogP contribution in [-0.4, -0.2) is 20.9 Å². The lowest BCUT2D eigenvalue weighted by atomic mass is 9.94. The lowest BCUT2D eigenvalue weighted by Gasteiger charge is -2.19. The zero-order valence-corrected chi connectivity index (χ0v) is 15.3. The van der Waals surface area contributed by atoms with E-state index in [-0.39, 0.29) is 10.7 Å². The van der Waals surface area contributed by atoms with E-state index in [1.807, 2.05) is 39.8 Å². The summed E-state index contributed by atoms with van der Waals surface area (Å²) in [5.41, 5.74) is 1.28. The molecule has 0 bridgehead atoms. The van der Waals surface area contributed by atoms with Gasteiger partial charge in [0.05, 0.1) is 10.8 Å². The van der Waals surface area contributed by atoms with E-state index in [2.05, 4.69) is 0 Å². The molecule has 2 unspecified atom stereocenters. The van der Waals surface area contributed by atoms with Gasteiger partial charge in [0.1, 0.15) is 11.9 Å². The molecule has 0 aliphatic carbocycles. The summed E-state index contributed by atoms with van der Waals surface area (Å²) >= 11 is 0. The van der Waals surface area contributed by atoms with Crippen LogP contribution in [0.1, 0.15) is 64.3 Å². The van der Waals surface area contributed by atoms with Crippen LogP contribution >= 0.6 is 0 Å². The third kappa shape index (κ3) is 5.74. The van der Waals surface area contributed by atoms with E-state index < -0.39 is 23.8 Å². The molecule has 1 rings (SSSR count). The first-order chi connectivity index (χ1) is 10.7. The van der Waals surface area contributed by atoms with Crippen LogP contribution in [0.25, 0.3) is 0 Å². The highest BCUT2D eigenvalue weighted by Gasteiger charge is 2.19. The summed E-state index contributed by atoms with van der Waals surface area (Å²) in [6, 6.07) is 5.32. The number of alkyl halides is 1. The molecule has 0 saturated carbocycles. The number of halogens is 1. The second kappa shape index (κ2) is 8.60. The Hall–Kier alpha value is -1.20. The zero-order valence-electron chi connectivity index (χ0n) is 14.5. The number of para-hydroxylation sites is 1. The first-order valence-corrected chi connectivity index (χ1v) is 8.97. The highest BCUT2D eigenvalue weighted by Crippen LogP contribution is 2.36. The molecule has 23 heavy (non-hydrogen) atoms. The number of allylic oxidation sites excluding steroid dienone is 1. The number of aliphatic hydroxyl groups excluding tert-OH is 1. The van der Waals surface area contributed by atoms with E-state index in [1.54, 1.807) is 17.5 Å². The molecule has 1 aromatic carbocycles. The van der Waals surface area contributed by atoms with Gasteiger partial charge in [-0.2, -0.15) is 0 Å².